The van der Waals surface area contributed by atoms with Gasteiger partial charge in [0.2, 0.25) is 5.91 Å². The lowest BCUT2D eigenvalue weighted by Crippen LogP contribution is -2.33. The number of para-hydroxylation sites is 1. The molecule has 154 valence electrons. The maximum absolute atomic E-state index is 12.3. The lowest BCUT2D eigenvalue weighted by molar-refractivity contribution is -0.123. The van der Waals surface area contributed by atoms with Crippen molar-refractivity contribution in [1.29, 1.82) is 0 Å². The Kier molecular flexibility index (Phi) is 7.41. The zero-order chi connectivity index (χ0) is 21.4. The van der Waals surface area contributed by atoms with Crippen molar-refractivity contribution < 1.29 is 27.5 Å². The Bertz CT molecular complexity index is 908. The van der Waals surface area contributed by atoms with Gasteiger partial charge in [-0.25, -0.2) is 0 Å². The van der Waals surface area contributed by atoms with Crippen molar-refractivity contribution in [2.24, 2.45) is 0 Å². The van der Waals surface area contributed by atoms with Gasteiger partial charge in [-0.05, 0) is 43.7 Å². The highest BCUT2D eigenvalue weighted by Gasteiger charge is 2.28. The van der Waals surface area contributed by atoms with Crippen LogP contribution in [0.3, 0.4) is 0 Å². The molecule has 0 bridgehead atoms. The molecule has 0 aliphatic carbocycles. The molecule has 8 heteroatoms. The monoisotopic (exact) mass is 406 g/mol. The standard InChI is InChI=1S/C21H21F3N2O3/c1-3-29-18-7-5-4-6-15(18)10-11-19(27)26-17-12-16(9-8-14(17)2)20(28)25-13-21(22,23)24/h4-12H,3,13H2,1-2H3,(H,25,28)(H,26,27)/b11-10+. The van der Waals surface area contributed by atoms with Gasteiger partial charge >= 0.3 is 6.18 Å². The molecule has 0 saturated carbocycles. The van der Waals surface area contributed by atoms with Crippen LogP contribution in [0.2, 0.25) is 0 Å². The molecule has 0 fully saturated rings. The third-order valence-corrected chi connectivity index (χ3v) is 3.84. The molecule has 0 unspecified atom stereocenters. The molecule has 2 rings (SSSR count). The number of rotatable bonds is 7. The van der Waals surface area contributed by atoms with Crippen LogP contribution in [-0.2, 0) is 4.79 Å². The number of carbonyl (C=O) groups excluding carboxylic acids is 2. The number of ether oxygens (including phenoxy) is 1. The van der Waals surface area contributed by atoms with Crippen molar-refractivity contribution in [3.63, 3.8) is 0 Å². The first-order valence-corrected chi connectivity index (χ1v) is 8.86. The SMILES string of the molecule is CCOc1ccccc1/C=C/C(=O)Nc1cc(C(=O)NCC(F)(F)F)ccc1C. The molecule has 2 aromatic rings. The third-order valence-electron chi connectivity index (χ3n) is 3.84. The van der Waals surface area contributed by atoms with Crippen LogP contribution >= 0.6 is 0 Å². The highest BCUT2D eigenvalue weighted by Crippen LogP contribution is 2.21. The molecule has 0 radical (unpaired) electrons. The number of anilines is 1. The first-order valence-electron chi connectivity index (χ1n) is 8.86. The van der Waals surface area contributed by atoms with Gasteiger partial charge in [0.15, 0.2) is 0 Å². The molecule has 0 aromatic heterocycles. The molecule has 0 aliphatic rings. The minimum atomic E-state index is -4.50. The van der Waals surface area contributed by atoms with Crippen molar-refractivity contribution in [2.45, 2.75) is 20.0 Å². The quantitative estimate of drug-likeness (QED) is 0.673. The van der Waals surface area contributed by atoms with E-state index < -0.39 is 24.5 Å². The molecular weight excluding hydrogens is 385 g/mol. The summed E-state index contributed by atoms with van der Waals surface area (Å²) in [4.78, 5) is 24.2. The summed E-state index contributed by atoms with van der Waals surface area (Å²) in [5.74, 6) is -0.690. The van der Waals surface area contributed by atoms with Crippen molar-refractivity contribution in [1.82, 2.24) is 5.32 Å². The van der Waals surface area contributed by atoms with E-state index in [0.717, 1.165) is 5.56 Å². The smallest absolute Gasteiger partial charge is 0.405 e. The minimum Gasteiger partial charge on any atom is -0.493 e. The normalized spacial score (nSPS) is 11.3. The Morgan fingerprint density at radius 3 is 2.55 bits per heavy atom. The van der Waals surface area contributed by atoms with Gasteiger partial charge in [-0.2, -0.15) is 13.2 Å². The predicted molar refractivity (Wildman–Crippen MR) is 105 cm³/mol. The summed E-state index contributed by atoms with van der Waals surface area (Å²) < 4.78 is 42.3. The van der Waals surface area contributed by atoms with Crippen LogP contribution in [0.4, 0.5) is 18.9 Å². The Morgan fingerprint density at radius 1 is 1.14 bits per heavy atom. The van der Waals surface area contributed by atoms with Crippen molar-refractivity contribution in [3.8, 4) is 5.75 Å². The average Bonchev–Trinajstić information content (AvgIpc) is 2.67. The van der Waals surface area contributed by atoms with E-state index in [0.29, 0.717) is 23.6 Å². The Labute approximate surface area is 166 Å². The number of amides is 2. The minimum absolute atomic E-state index is 0.0146. The number of halogens is 3. The van der Waals surface area contributed by atoms with Crippen molar-refractivity contribution >= 4 is 23.6 Å². The van der Waals surface area contributed by atoms with E-state index >= 15 is 0 Å². The highest BCUT2D eigenvalue weighted by atomic mass is 19.4. The van der Waals surface area contributed by atoms with Gasteiger partial charge in [-0.1, -0.05) is 24.3 Å². The van der Waals surface area contributed by atoms with Gasteiger partial charge in [-0.3, -0.25) is 9.59 Å². The number of hydrogen-bond donors (Lipinski definition) is 2. The largest absolute Gasteiger partial charge is 0.493 e. The lowest BCUT2D eigenvalue weighted by atomic mass is 10.1. The van der Waals surface area contributed by atoms with Crippen LogP contribution in [0.15, 0.2) is 48.5 Å². The molecule has 2 amide bonds. The first kappa shape index (κ1) is 22.0. The fraction of sp³-hybridized carbons (Fsp3) is 0.238. The van der Waals surface area contributed by atoms with Crippen LogP contribution in [-0.4, -0.2) is 31.1 Å². The summed E-state index contributed by atoms with van der Waals surface area (Å²) in [6, 6.07) is 11.5. The highest BCUT2D eigenvalue weighted by molar-refractivity contribution is 6.03. The predicted octanol–water partition coefficient (Wildman–Crippen LogP) is 4.34. The fourth-order valence-corrected chi connectivity index (χ4v) is 2.43. The molecule has 2 N–H and O–H groups in total. The lowest BCUT2D eigenvalue weighted by Gasteiger charge is -2.11. The first-order chi connectivity index (χ1) is 13.7. The summed E-state index contributed by atoms with van der Waals surface area (Å²) in [5.41, 5.74) is 1.73. The Balaban J connectivity index is 2.09. The summed E-state index contributed by atoms with van der Waals surface area (Å²) in [7, 11) is 0. The van der Waals surface area contributed by atoms with E-state index in [1.54, 1.807) is 36.5 Å². The number of alkyl halides is 3. The molecule has 0 aliphatic heterocycles. The number of benzene rings is 2. The Hall–Kier alpha value is -3.29. The van der Waals surface area contributed by atoms with Gasteiger partial charge in [0.05, 0.1) is 6.61 Å². The second kappa shape index (κ2) is 9.77. The van der Waals surface area contributed by atoms with Gasteiger partial charge in [0.1, 0.15) is 12.3 Å². The van der Waals surface area contributed by atoms with Gasteiger partial charge < -0.3 is 15.4 Å². The summed E-state index contributed by atoms with van der Waals surface area (Å²) in [6.07, 6.45) is -1.59. The second-order valence-electron chi connectivity index (χ2n) is 6.12. The molecule has 0 heterocycles. The zero-order valence-electron chi connectivity index (χ0n) is 16.0. The third kappa shape index (κ3) is 6.99. The molecule has 0 atom stereocenters. The molecule has 0 saturated heterocycles. The number of hydrogen-bond acceptors (Lipinski definition) is 3. The molecule has 2 aromatic carbocycles. The molecule has 5 nitrogen and oxygen atoms in total. The van der Waals surface area contributed by atoms with Gasteiger partial charge in [0, 0.05) is 22.9 Å². The summed E-state index contributed by atoms with van der Waals surface area (Å²) in [5, 5.41) is 4.43. The Morgan fingerprint density at radius 2 is 1.86 bits per heavy atom. The van der Waals surface area contributed by atoms with E-state index in [9.17, 15) is 22.8 Å². The van der Waals surface area contributed by atoms with Crippen LogP contribution in [0.1, 0.15) is 28.4 Å². The van der Waals surface area contributed by atoms with E-state index in [2.05, 4.69) is 5.32 Å². The summed E-state index contributed by atoms with van der Waals surface area (Å²) in [6.45, 7) is 2.62. The average molecular weight is 406 g/mol. The molecular formula is C21H21F3N2O3. The van der Waals surface area contributed by atoms with E-state index in [1.807, 2.05) is 19.1 Å². The van der Waals surface area contributed by atoms with Crippen LogP contribution < -0.4 is 15.4 Å². The number of carbonyl (C=O) groups is 2. The maximum atomic E-state index is 12.3. The van der Waals surface area contributed by atoms with Crippen molar-refractivity contribution in [3.05, 3.63) is 65.2 Å². The molecule has 0 spiro atoms. The van der Waals surface area contributed by atoms with Crippen LogP contribution in [0.5, 0.6) is 5.75 Å². The van der Waals surface area contributed by atoms with E-state index in [1.165, 1.54) is 18.2 Å². The summed E-state index contributed by atoms with van der Waals surface area (Å²) >= 11 is 0. The number of nitrogens with one attached hydrogen (secondary N) is 2. The second-order valence-corrected chi connectivity index (χ2v) is 6.12. The van der Waals surface area contributed by atoms with Crippen molar-refractivity contribution in [2.75, 3.05) is 18.5 Å². The van der Waals surface area contributed by atoms with Gasteiger partial charge in [0.25, 0.3) is 5.91 Å². The topological polar surface area (TPSA) is 67.4 Å². The number of aryl methyl sites for hydroxylation is 1. The van der Waals surface area contributed by atoms with E-state index in [-0.39, 0.29) is 5.56 Å². The van der Waals surface area contributed by atoms with E-state index in [4.69, 9.17) is 4.74 Å². The van der Waals surface area contributed by atoms with Crippen LogP contribution in [0.25, 0.3) is 6.08 Å². The maximum Gasteiger partial charge on any atom is 0.405 e. The fourth-order valence-electron chi connectivity index (χ4n) is 2.43. The van der Waals surface area contributed by atoms with Gasteiger partial charge in [-0.15, -0.1) is 0 Å². The van der Waals surface area contributed by atoms with Crippen LogP contribution in [0, 0.1) is 6.92 Å². The zero-order valence-corrected chi connectivity index (χ0v) is 16.0. The molecule has 29 heavy (non-hydrogen) atoms.